The first-order chi connectivity index (χ1) is 9.59. The molecule has 114 valence electrons. The van der Waals surface area contributed by atoms with Crippen LogP contribution in [0.5, 0.6) is 0 Å². The number of pyridine rings is 1. The summed E-state index contributed by atoms with van der Waals surface area (Å²) in [4.78, 5) is 4.40. The topological polar surface area (TPSA) is 85.1 Å². The molecule has 0 bridgehead atoms. The Morgan fingerprint density at radius 2 is 1.86 bits per heavy atom. The highest BCUT2D eigenvalue weighted by atomic mass is 32.2. The first-order valence-corrected chi connectivity index (χ1v) is 8.26. The lowest BCUT2D eigenvalue weighted by Crippen LogP contribution is -2.41. The summed E-state index contributed by atoms with van der Waals surface area (Å²) >= 11 is 0. The largest absolute Gasteiger partial charge is 0.384 e. The summed E-state index contributed by atoms with van der Waals surface area (Å²) in [5, 5.41) is 0.746. The standard InChI is InChI=1S/C15H21N3O2S/c1-10(15(2,3)4)18-21(19,20)12-6-7-13-11(9-12)5-8-14(16)17-13/h5-10,18H,1-4H3,(H2,16,17). The van der Waals surface area contributed by atoms with Gasteiger partial charge in [0.15, 0.2) is 0 Å². The van der Waals surface area contributed by atoms with E-state index in [1.54, 1.807) is 30.3 Å². The quantitative estimate of drug-likeness (QED) is 0.912. The number of anilines is 1. The van der Waals surface area contributed by atoms with E-state index in [1.165, 1.54) is 0 Å². The van der Waals surface area contributed by atoms with Gasteiger partial charge in [-0.2, -0.15) is 0 Å². The molecule has 3 N–H and O–H groups in total. The van der Waals surface area contributed by atoms with E-state index < -0.39 is 10.0 Å². The summed E-state index contributed by atoms with van der Waals surface area (Å²) in [7, 11) is -3.55. The number of benzene rings is 1. The van der Waals surface area contributed by atoms with Crippen LogP contribution in [-0.2, 0) is 10.0 Å². The molecule has 0 radical (unpaired) electrons. The lowest BCUT2D eigenvalue weighted by molar-refractivity contribution is 0.317. The van der Waals surface area contributed by atoms with Crippen molar-refractivity contribution in [2.24, 2.45) is 5.41 Å². The van der Waals surface area contributed by atoms with E-state index in [2.05, 4.69) is 9.71 Å². The predicted molar refractivity (Wildman–Crippen MR) is 85.4 cm³/mol. The molecule has 1 unspecified atom stereocenters. The van der Waals surface area contributed by atoms with Crippen molar-refractivity contribution in [3.8, 4) is 0 Å². The number of nitrogens with zero attached hydrogens (tertiary/aromatic N) is 1. The molecule has 1 aromatic heterocycles. The number of sulfonamides is 1. The summed E-state index contributed by atoms with van der Waals surface area (Å²) in [6.07, 6.45) is 0. The fourth-order valence-corrected chi connectivity index (χ4v) is 3.25. The van der Waals surface area contributed by atoms with Gasteiger partial charge in [0.05, 0.1) is 10.4 Å². The third kappa shape index (κ3) is 3.51. The maximum atomic E-state index is 12.4. The van der Waals surface area contributed by atoms with Crippen molar-refractivity contribution in [3.05, 3.63) is 30.3 Å². The van der Waals surface area contributed by atoms with Gasteiger partial charge in [0.25, 0.3) is 0 Å². The van der Waals surface area contributed by atoms with Crippen LogP contribution >= 0.6 is 0 Å². The molecule has 0 aliphatic rings. The Balaban J connectivity index is 2.39. The van der Waals surface area contributed by atoms with Crippen LogP contribution in [0.2, 0.25) is 0 Å². The van der Waals surface area contributed by atoms with Crippen LogP contribution in [0.25, 0.3) is 10.9 Å². The molecular formula is C15H21N3O2S. The van der Waals surface area contributed by atoms with E-state index in [0.717, 1.165) is 5.39 Å². The Kier molecular flexibility index (Phi) is 3.95. The van der Waals surface area contributed by atoms with Gasteiger partial charge < -0.3 is 5.73 Å². The minimum Gasteiger partial charge on any atom is -0.384 e. The average molecular weight is 307 g/mol. The SMILES string of the molecule is CC(NS(=O)(=O)c1ccc2nc(N)ccc2c1)C(C)(C)C. The van der Waals surface area contributed by atoms with Crippen LogP contribution in [0.3, 0.4) is 0 Å². The average Bonchev–Trinajstić information content (AvgIpc) is 2.36. The third-order valence-corrected chi connectivity index (χ3v) is 5.16. The second kappa shape index (κ2) is 5.27. The van der Waals surface area contributed by atoms with Gasteiger partial charge in [-0.1, -0.05) is 20.8 Å². The van der Waals surface area contributed by atoms with Gasteiger partial charge in [-0.05, 0) is 42.7 Å². The zero-order chi connectivity index (χ0) is 15.8. The molecule has 2 rings (SSSR count). The highest BCUT2D eigenvalue weighted by molar-refractivity contribution is 7.89. The molecule has 2 aromatic rings. The van der Waals surface area contributed by atoms with Crippen LogP contribution in [0.4, 0.5) is 5.82 Å². The molecule has 6 heteroatoms. The Morgan fingerprint density at radius 1 is 1.19 bits per heavy atom. The summed E-state index contributed by atoms with van der Waals surface area (Å²) in [5.41, 5.74) is 6.15. The zero-order valence-corrected chi connectivity index (χ0v) is 13.5. The van der Waals surface area contributed by atoms with E-state index in [-0.39, 0.29) is 16.4 Å². The number of rotatable bonds is 3. The van der Waals surface area contributed by atoms with Gasteiger partial charge in [0.2, 0.25) is 10.0 Å². The highest BCUT2D eigenvalue weighted by Gasteiger charge is 2.26. The number of fused-ring (bicyclic) bond motifs is 1. The summed E-state index contributed by atoms with van der Waals surface area (Å²) in [6, 6.07) is 8.07. The normalized spacial score (nSPS) is 14.3. The van der Waals surface area contributed by atoms with Crippen LogP contribution < -0.4 is 10.5 Å². The van der Waals surface area contributed by atoms with E-state index in [1.807, 2.05) is 27.7 Å². The van der Waals surface area contributed by atoms with Crippen molar-refractivity contribution in [3.63, 3.8) is 0 Å². The minimum atomic E-state index is -3.55. The highest BCUT2D eigenvalue weighted by Crippen LogP contribution is 2.23. The van der Waals surface area contributed by atoms with Gasteiger partial charge >= 0.3 is 0 Å². The van der Waals surface area contributed by atoms with Gasteiger partial charge in [-0.3, -0.25) is 0 Å². The molecule has 1 aromatic carbocycles. The molecule has 0 aliphatic heterocycles. The summed E-state index contributed by atoms with van der Waals surface area (Å²) in [6.45, 7) is 7.84. The van der Waals surface area contributed by atoms with Gasteiger partial charge in [0, 0.05) is 11.4 Å². The maximum absolute atomic E-state index is 12.4. The van der Waals surface area contributed by atoms with Crippen LogP contribution in [0, 0.1) is 5.41 Å². The fourth-order valence-electron chi connectivity index (χ4n) is 1.76. The Labute approximate surface area is 125 Å². The molecule has 0 amide bonds. The molecular weight excluding hydrogens is 286 g/mol. The molecule has 0 saturated heterocycles. The van der Waals surface area contributed by atoms with Crippen molar-refractivity contribution < 1.29 is 8.42 Å². The Morgan fingerprint density at radius 3 is 2.48 bits per heavy atom. The second-order valence-electron chi connectivity index (χ2n) is 6.30. The number of aromatic nitrogens is 1. The number of nitrogens with one attached hydrogen (secondary N) is 1. The molecule has 0 spiro atoms. The van der Waals surface area contributed by atoms with E-state index in [4.69, 9.17) is 5.73 Å². The fraction of sp³-hybridized carbons (Fsp3) is 0.400. The zero-order valence-electron chi connectivity index (χ0n) is 12.7. The van der Waals surface area contributed by atoms with Crippen LogP contribution in [-0.4, -0.2) is 19.4 Å². The van der Waals surface area contributed by atoms with Gasteiger partial charge in [-0.25, -0.2) is 18.1 Å². The molecule has 5 nitrogen and oxygen atoms in total. The smallest absolute Gasteiger partial charge is 0.240 e. The molecule has 0 aliphatic carbocycles. The van der Waals surface area contributed by atoms with Crippen molar-refractivity contribution in [2.45, 2.75) is 38.6 Å². The van der Waals surface area contributed by atoms with E-state index in [0.29, 0.717) is 11.3 Å². The van der Waals surface area contributed by atoms with Crippen molar-refractivity contribution in [1.29, 1.82) is 0 Å². The van der Waals surface area contributed by atoms with Gasteiger partial charge in [0.1, 0.15) is 5.82 Å². The van der Waals surface area contributed by atoms with Crippen molar-refractivity contribution in [2.75, 3.05) is 5.73 Å². The summed E-state index contributed by atoms with van der Waals surface area (Å²) in [5.74, 6) is 0.414. The Bertz CT molecular complexity index is 764. The number of nitrogen functional groups attached to an aromatic ring is 1. The van der Waals surface area contributed by atoms with Crippen molar-refractivity contribution in [1.82, 2.24) is 9.71 Å². The predicted octanol–water partition coefficient (Wildman–Crippen LogP) is 2.53. The van der Waals surface area contributed by atoms with E-state index in [9.17, 15) is 8.42 Å². The number of nitrogens with two attached hydrogens (primary N) is 1. The van der Waals surface area contributed by atoms with E-state index >= 15 is 0 Å². The van der Waals surface area contributed by atoms with Gasteiger partial charge in [-0.15, -0.1) is 0 Å². The number of hydrogen-bond acceptors (Lipinski definition) is 4. The minimum absolute atomic E-state index is 0.153. The molecule has 1 atom stereocenters. The molecule has 0 saturated carbocycles. The monoisotopic (exact) mass is 307 g/mol. The van der Waals surface area contributed by atoms with Crippen LogP contribution in [0.1, 0.15) is 27.7 Å². The lowest BCUT2D eigenvalue weighted by atomic mass is 9.89. The Hall–Kier alpha value is -1.66. The first-order valence-electron chi connectivity index (χ1n) is 6.78. The molecule has 0 fully saturated rings. The summed E-state index contributed by atoms with van der Waals surface area (Å²) < 4.78 is 27.6. The molecule has 1 heterocycles. The lowest BCUT2D eigenvalue weighted by Gasteiger charge is -2.27. The van der Waals surface area contributed by atoms with Crippen molar-refractivity contribution >= 4 is 26.7 Å². The first kappa shape index (κ1) is 15.7. The van der Waals surface area contributed by atoms with Crippen LogP contribution in [0.15, 0.2) is 35.2 Å². The molecule has 21 heavy (non-hydrogen) atoms. The second-order valence-corrected chi connectivity index (χ2v) is 8.01. The number of hydrogen-bond donors (Lipinski definition) is 2. The maximum Gasteiger partial charge on any atom is 0.240 e. The third-order valence-electron chi connectivity index (χ3n) is 3.62.